The lowest BCUT2D eigenvalue weighted by Gasteiger charge is -2.60. The van der Waals surface area contributed by atoms with Gasteiger partial charge in [-0.05, 0) is 12.1 Å². The van der Waals surface area contributed by atoms with Crippen molar-refractivity contribution in [1.82, 2.24) is 14.7 Å². The Bertz CT molecular complexity index is 571. The van der Waals surface area contributed by atoms with Crippen LogP contribution in [-0.2, 0) is 0 Å². The molecule has 4 bridgehead atoms. The molecule has 4 aliphatic rings. The second kappa shape index (κ2) is 4.54. The third kappa shape index (κ3) is 2.17. The van der Waals surface area contributed by atoms with Crippen LogP contribution in [0.4, 0.5) is 8.78 Å². The highest BCUT2D eigenvalue weighted by Crippen LogP contribution is 2.29. The van der Waals surface area contributed by atoms with Crippen LogP contribution >= 0.6 is 0 Å². The highest BCUT2D eigenvalue weighted by molar-refractivity contribution is 5.97. The van der Waals surface area contributed by atoms with Crippen LogP contribution < -0.4 is 0 Å². The predicted octanol–water partition coefficient (Wildman–Crippen LogP) is 0.656. The van der Waals surface area contributed by atoms with E-state index in [1.54, 1.807) is 0 Å². The molecule has 0 aliphatic carbocycles. The Labute approximate surface area is 121 Å². The highest BCUT2D eigenvalue weighted by Gasteiger charge is 2.49. The zero-order valence-electron chi connectivity index (χ0n) is 11.6. The van der Waals surface area contributed by atoms with Gasteiger partial charge in [0, 0.05) is 0 Å². The molecule has 112 valence electrons. The Morgan fingerprint density at radius 2 is 1.62 bits per heavy atom. The number of nitrogens with zero attached hydrogens (tertiary/aromatic N) is 4. The number of quaternary nitrogens is 1. The van der Waals surface area contributed by atoms with Crippen LogP contribution in [0.1, 0.15) is 10.4 Å². The number of ketones is 1. The largest absolute Gasteiger partial charge is 0.288 e. The Morgan fingerprint density at radius 3 is 2.19 bits per heavy atom. The maximum Gasteiger partial charge on any atom is 0.220 e. The second-order valence-electron chi connectivity index (χ2n) is 6.39. The molecule has 0 spiro atoms. The summed E-state index contributed by atoms with van der Waals surface area (Å²) in [6.07, 6.45) is 0. The first-order valence-corrected chi connectivity index (χ1v) is 7.04. The number of carbonyl (C=O) groups is 1. The van der Waals surface area contributed by atoms with Crippen molar-refractivity contribution in [2.45, 2.75) is 0 Å². The number of Topliss-reactive ketones (excluding diaryl/α,β-unsaturated/α-hetero) is 1. The van der Waals surface area contributed by atoms with Crippen LogP contribution in [0.25, 0.3) is 0 Å². The van der Waals surface area contributed by atoms with Crippen molar-refractivity contribution >= 4 is 5.78 Å². The van der Waals surface area contributed by atoms with Gasteiger partial charge >= 0.3 is 0 Å². The molecule has 4 fully saturated rings. The summed E-state index contributed by atoms with van der Waals surface area (Å²) in [5, 5.41) is 0. The third-order valence-corrected chi connectivity index (χ3v) is 4.43. The summed E-state index contributed by atoms with van der Waals surface area (Å²) >= 11 is 0. The van der Waals surface area contributed by atoms with E-state index in [4.69, 9.17) is 0 Å². The lowest BCUT2D eigenvalue weighted by Crippen LogP contribution is -2.79. The van der Waals surface area contributed by atoms with Gasteiger partial charge in [0.1, 0.15) is 26.6 Å². The molecule has 0 aromatic heterocycles. The molecule has 5 nitrogen and oxygen atoms in total. The number of hydrogen-bond donors (Lipinski definition) is 0. The first-order chi connectivity index (χ1) is 10.0. The third-order valence-electron chi connectivity index (χ3n) is 4.43. The van der Waals surface area contributed by atoms with Crippen LogP contribution in [0.2, 0.25) is 0 Å². The van der Waals surface area contributed by atoms with Gasteiger partial charge in [-0.25, -0.2) is 23.5 Å². The maximum absolute atomic E-state index is 13.8. The maximum atomic E-state index is 13.8. The van der Waals surface area contributed by atoms with Crippen molar-refractivity contribution in [1.29, 1.82) is 0 Å². The topological polar surface area (TPSA) is 26.8 Å². The molecular formula is C14H17F2N4O+. The molecule has 7 heteroatoms. The van der Waals surface area contributed by atoms with E-state index < -0.39 is 11.6 Å². The van der Waals surface area contributed by atoms with Crippen LogP contribution in [-0.4, -0.2) is 71.5 Å². The zero-order valence-corrected chi connectivity index (χ0v) is 11.6. The second-order valence-corrected chi connectivity index (χ2v) is 6.39. The van der Waals surface area contributed by atoms with E-state index in [0.29, 0.717) is 4.48 Å². The molecule has 1 aromatic rings. The normalized spacial score (nSPS) is 37.0. The summed E-state index contributed by atoms with van der Waals surface area (Å²) in [5.74, 6) is -2.31. The van der Waals surface area contributed by atoms with Crippen molar-refractivity contribution in [3.05, 3.63) is 35.4 Å². The molecule has 5 rings (SSSR count). The van der Waals surface area contributed by atoms with Gasteiger partial charge in [-0.2, -0.15) is 0 Å². The Balaban J connectivity index is 1.58. The molecule has 0 amide bonds. The van der Waals surface area contributed by atoms with Gasteiger partial charge in [0.15, 0.2) is 11.6 Å². The summed E-state index contributed by atoms with van der Waals surface area (Å²) in [6.45, 7) is 5.40. The van der Waals surface area contributed by atoms with Crippen LogP contribution in [0.5, 0.6) is 0 Å². The van der Waals surface area contributed by atoms with E-state index in [0.717, 1.165) is 46.1 Å². The Hall–Kier alpha value is -1.41. The van der Waals surface area contributed by atoms with Crippen molar-refractivity contribution in [3.63, 3.8) is 0 Å². The molecule has 4 aliphatic heterocycles. The standard InChI is InChI=1S/C14H17F2N4O/c15-12-3-1-2-11(14(12)16)13(21)4-20-8-17-5-18(9-20)7-19(6-17)10-20/h1-3H,4-10H2/q+1. The zero-order chi connectivity index (χ0) is 14.6. The molecule has 0 unspecified atom stereocenters. The number of rotatable bonds is 3. The van der Waals surface area contributed by atoms with E-state index in [-0.39, 0.29) is 17.9 Å². The van der Waals surface area contributed by atoms with Crippen LogP contribution in [0.3, 0.4) is 0 Å². The van der Waals surface area contributed by atoms with Gasteiger partial charge in [0.05, 0.1) is 25.6 Å². The SMILES string of the molecule is O=C(C[N+]12CN3CN(CN(C3)C1)C2)c1cccc(F)c1F. The minimum absolute atomic E-state index is 0.135. The van der Waals surface area contributed by atoms with Gasteiger partial charge in [-0.15, -0.1) is 0 Å². The highest BCUT2D eigenvalue weighted by atomic mass is 19.2. The van der Waals surface area contributed by atoms with Crippen LogP contribution in [0, 0.1) is 11.6 Å². The Kier molecular flexibility index (Phi) is 2.87. The quantitative estimate of drug-likeness (QED) is 0.604. The Morgan fingerprint density at radius 1 is 1.05 bits per heavy atom. The minimum Gasteiger partial charge on any atom is -0.288 e. The first kappa shape index (κ1) is 13.3. The lowest BCUT2D eigenvalue weighted by molar-refractivity contribution is -0.973. The van der Waals surface area contributed by atoms with E-state index >= 15 is 0 Å². The van der Waals surface area contributed by atoms with Gasteiger partial charge in [-0.3, -0.25) is 9.28 Å². The lowest BCUT2D eigenvalue weighted by atomic mass is 10.1. The minimum atomic E-state index is -1.03. The predicted molar refractivity (Wildman–Crippen MR) is 70.5 cm³/mol. The smallest absolute Gasteiger partial charge is 0.220 e. The molecule has 1 aromatic carbocycles. The average molecular weight is 295 g/mol. The summed E-state index contributed by atoms with van der Waals surface area (Å²) < 4.78 is 27.6. The van der Waals surface area contributed by atoms with Gasteiger partial charge in [-0.1, -0.05) is 6.07 Å². The van der Waals surface area contributed by atoms with E-state index in [2.05, 4.69) is 14.7 Å². The van der Waals surface area contributed by atoms with Crippen molar-refractivity contribution in [2.75, 3.05) is 46.6 Å². The molecule has 4 heterocycles. The fourth-order valence-corrected chi connectivity index (χ4v) is 3.92. The van der Waals surface area contributed by atoms with Crippen molar-refractivity contribution in [2.24, 2.45) is 0 Å². The van der Waals surface area contributed by atoms with E-state index in [1.165, 1.54) is 12.1 Å². The summed E-state index contributed by atoms with van der Waals surface area (Å²) in [6, 6.07) is 3.79. The molecule has 0 radical (unpaired) electrons. The molecule has 0 N–H and O–H groups in total. The fourth-order valence-electron chi connectivity index (χ4n) is 3.92. The first-order valence-electron chi connectivity index (χ1n) is 7.04. The average Bonchev–Trinajstić information content (AvgIpc) is 2.39. The fraction of sp³-hybridized carbons (Fsp3) is 0.500. The summed E-state index contributed by atoms with van der Waals surface area (Å²) in [5.41, 5.74) is -0.135. The van der Waals surface area contributed by atoms with Gasteiger partial charge in [0.2, 0.25) is 5.78 Å². The van der Waals surface area contributed by atoms with Crippen LogP contribution in [0.15, 0.2) is 18.2 Å². The van der Waals surface area contributed by atoms with E-state index in [9.17, 15) is 13.6 Å². The molecule has 0 atom stereocenters. The number of benzene rings is 1. The molecule has 4 saturated heterocycles. The monoisotopic (exact) mass is 295 g/mol. The molecule has 21 heavy (non-hydrogen) atoms. The van der Waals surface area contributed by atoms with E-state index in [1.807, 2.05) is 0 Å². The number of hydrogen-bond acceptors (Lipinski definition) is 4. The van der Waals surface area contributed by atoms with Crippen molar-refractivity contribution in [3.8, 4) is 0 Å². The van der Waals surface area contributed by atoms with Gasteiger partial charge in [0.25, 0.3) is 0 Å². The molecular weight excluding hydrogens is 278 g/mol. The van der Waals surface area contributed by atoms with Crippen molar-refractivity contribution < 1.29 is 18.1 Å². The molecule has 0 saturated carbocycles. The number of halogens is 2. The van der Waals surface area contributed by atoms with Gasteiger partial charge < -0.3 is 0 Å². The summed E-state index contributed by atoms with van der Waals surface area (Å²) in [4.78, 5) is 19.3. The summed E-state index contributed by atoms with van der Waals surface area (Å²) in [7, 11) is 0. The number of carbonyl (C=O) groups excluding carboxylic acids is 1.